The number of nitrogens with two attached hydrogens (primary N) is 1. The van der Waals surface area contributed by atoms with Crippen molar-refractivity contribution in [3.05, 3.63) is 22.7 Å². The molecule has 0 aliphatic carbocycles. The lowest BCUT2D eigenvalue weighted by atomic mass is 10.1. The summed E-state index contributed by atoms with van der Waals surface area (Å²) in [5, 5.41) is 1.20. The molecular formula is C10H21INP. The zero-order valence-corrected chi connectivity index (χ0v) is 12.5. The van der Waals surface area contributed by atoms with Crippen molar-refractivity contribution in [2.45, 2.75) is 38.5 Å². The van der Waals surface area contributed by atoms with Gasteiger partial charge in [0.25, 0.3) is 0 Å². The van der Waals surface area contributed by atoms with Crippen molar-refractivity contribution in [3.8, 4) is 0 Å². The first kappa shape index (κ1) is 15.9. The van der Waals surface area contributed by atoms with E-state index in [0.29, 0.717) is 3.92 Å². The SMILES string of the molecule is C/C=C(P)/C(=C(/C)N)C(C)I.CC. The molecule has 0 rings (SSSR count). The van der Waals surface area contributed by atoms with Crippen LogP contribution in [0.1, 0.15) is 34.6 Å². The minimum Gasteiger partial charge on any atom is -0.402 e. The highest BCUT2D eigenvalue weighted by Crippen LogP contribution is 2.26. The number of hydrogen-bond donors (Lipinski definition) is 1. The summed E-state index contributed by atoms with van der Waals surface area (Å²) in [5.74, 6) is 0. The van der Waals surface area contributed by atoms with Crippen LogP contribution < -0.4 is 5.73 Å². The van der Waals surface area contributed by atoms with E-state index in [9.17, 15) is 0 Å². The van der Waals surface area contributed by atoms with E-state index in [2.05, 4.69) is 44.8 Å². The van der Waals surface area contributed by atoms with Crippen LogP contribution in [-0.4, -0.2) is 3.92 Å². The zero-order valence-electron chi connectivity index (χ0n) is 9.19. The van der Waals surface area contributed by atoms with E-state index in [-0.39, 0.29) is 0 Å². The Hall–Kier alpha value is 0.440. The average molecular weight is 313 g/mol. The maximum absolute atomic E-state index is 5.73. The van der Waals surface area contributed by atoms with Gasteiger partial charge in [-0.05, 0) is 31.7 Å². The number of allylic oxidation sites excluding steroid dienone is 4. The first-order chi connectivity index (χ1) is 6.00. The van der Waals surface area contributed by atoms with Crippen LogP contribution >= 0.6 is 31.8 Å². The van der Waals surface area contributed by atoms with Crippen molar-refractivity contribution in [3.63, 3.8) is 0 Å². The number of rotatable bonds is 2. The molecule has 0 aliphatic heterocycles. The molecule has 0 spiro atoms. The quantitative estimate of drug-likeness (QED) is 0.356. The normalized spacial score (nSPS) is 15.5. The number of halogens is 1. The van der Waals surface area contributed by atoms with Gasteiger partial charge >= 0.3 is 0 Å². The van der Waals surface area contributed by atoms with Crippen LogP contribution in [0.5, 0.6) is 0 Å². The second-order valence-corrected chi connectivity index (χ2v) is 4.95. The minimum absolute atomic E-state index is 0.473. The van der Waals surface area contributed by atoms with Gasteiger partial charge in [0, 0.05) is 9.62 Å². The van der Waals surface area contributed by atoms with Crippen molar-refractivity contribution in [1.82, 2.24) is 0 Å². The van der Waals surface area contributed by atoms with Gasteiger partial charge in [0.2, 0.25) is 0 Å². The zero-order chi connectivity index (χ0) is 11.0. The average Bonchev–Trinajstić information content (AvgIpc) is 2.06. The van der Waals surface area contributed by atoms with E-state index >= 15 is 0 Å². The topological polar surface area (TPSA) is 26.0 Å². The fourth-order valence-electron chi connectivity index (χ4n) is 0.927. The molecule has 0 aromatic rings. The Bertz CT molecular complexity index is 191. The predicted molar refractivity (Wildman–Crippen MR) is 75.2 cm³/mol. The Labute approximate surface area is 98.6 Å². The second-order valence-electron chi connectivity index (χ2n) is 2.46. The van der Waals surface area contributed by atoms with Crippen LogP contribution in [0.3, 0.4) is 0 Å². The maximum Gasteiger partial charge on any atom is 0.0354 e. The summed E-state index contributed by atoms with van der Waals surface area (Å²) in [6, 6.07) is 0. The third kappa shape index (κ3) is 6.50. The summed E-state index contributed by atoms with van der Waals surface area (Å²) in [5.41, 5.74) is 7.88. The molecular weight excluding hydrogens is 292 g/mol. The summed E-state index contributed by atoms with van der Waals surface area (Å²) < 4.78 is 0.473. The molecule has 2 atom stereocenters. The molecule has 13 heavy (non-hydrogen) atoms. The van der Waals surface area contributed by atoms with Crippen LogP contribution in [-0.2, 0) is 0 Å². The van der Waals surface area contributed by atoms with Gasteiger partial charge in [-0.3, -0.25) is 0 Å². The van der Waals surface area contributed by atoms with Gasteiger partial charge in [0.15, 0.2) is 0 Å². The number of alkyl halides is 1. The van der Waals surface area contributed by atoms with Crippen LogP contribution in [0.4, 0.5) is 0 Å². The fourth-order valence-corrected chi connectivity index (χ4v) is 2.59. The van der Waals surface area contributed by atoms with Crippen molar-refractivity contribution in [2.75, 3.05) is 0 Å². The highest BCUT2D eigenvalue weighted by molar-refractivity contribution is 14.1. The predicted octanol–water partition coefficient (Wildman–Crippen LogP) is 3.85. The van der Waals surface area contributed by atoms with Crippen molar-refractivity contribution >= 4 is 31.8 Å². The Morgan fingerprint density at radius 1 is 1.46 bits per heavy atom. The third-order valence-corrected chi connectivity index (χ3v) is 2.71. The van der Waals surface area contributed by atoms with Gasteiger partial charge in [-0.15, -0.1) is 9.24 Å². The van der Waals surface area contributed by atoms with Gasteiger partial charge < -0.3 is 5.73 Å². The van der Waals surface area contributed by atoms with Gasteiger partial charge in [-0.1, -0.05) is 42.5 Å². The van der Waals surface area contributed by atoms with Crippen molar-refractivity contribution < 1.29 is 0 Å². The van der Waals surface area contributed by atoms with Crippen LogP contribution in [0, 0.1) is 0 Å². The lowest BCUT2D eigenvalue weighted by Crippen LogP contribution is -2.05. The molecule has 2 unspecified atom stereocenters. The standard InChI is InChI=1S/C8H15INP.C2H6/c1-4-7(11)8(5(2)9)6(3)10;1-2/h4-5H,10-11H2,1-3H3;1-2H3/b7-4-,8-6-;. The largest absolute Gasteiger partial charge is 0.402 e. The van der Waals surface area contributed by atoms with E-state index < -0.39 is 0 Å². The summed E-state index contributed by atoms with van der Waals surface area (Å²) >= 11 is 2.37. The van der Waals surface area contributed by atoms with Crippen LogP contribution in [0.15, 0.2) is 22.7 Å². The monoisotopic (exact) mass is 313 g/mol. The Balaban J connectivity index is 0. The van der Waals surface area contributed by atoms with Crippen molar-refractivity contribution in [2.24, 2.45) is 5.73 Å². The summed E-state index contributed by atoms with van der Waals surface area (Å²) in [4.78, 5) is 0. The molecule has 0 saturated heterocycles. The molecule has 0 aliphatic rings. The van der Waals surface area contributed by atoms with E-state index in [0.717, 1.165) is 5.70 Å². The highest BCUT2D eigenvalue weighted by Gasteiger charge is 2.08. The van der Waals surface area contributed by atoms with Gasteiger partial charge in [0.1, 0.15) is 0 Å². The maximum atomic E-state index is 5.73. The molecule has 0 amide bonds. The van der Waals surface area contributed by atoms with E-state index in [1.807, 2.05) is 27.7 Å². The van der Waals surface area contributed by atoms with E-state index in [1.54, 1.807) is 0 Å². The molecule has 0 heterocycles. The molecule has 0 radical (unpaired) electrons. The van der Waals surface area contributed by atoms with Crippen LogP contribution in [0.2, 0.25) is 0 Å². The lowest BCUT2D eigenvalue weighted by Gasteiger charge is -2.12. The van der Waals surface area contributed by atoms with Gasteiger partial charge in [-0.2, -0.15) is 0 Å². The molecule has 0 aromatic carbocycles. The third-order valence-electron chi connectivity index (χ3n) is 1.44. The smallest absolute Gasteiger partial charge is 0.0354 e. The van der Waals surface area contributed by atoms with E-state index in [4.69, 9.17) is 5.73 Å². The first-order valence-electron chi connectivity index (χ1n) is 4.53. The minimum atomic E-state index is 0.473. The Morgan fingerprint density at radius 3 is 1.92 bits per heavy atom. The lowest BCUT2D eigenvalue weighted by molar-refractivity contribution is 1.12. The molecule has 0 saturated carbocycles. The highest BCUT2D eigenvalue weighted by atomic mass is 127. The summed E-state index contributed by atoms with van der Waals surface area (Å²) in [6.07, 6.45) is 2.06. The Kier molecular flexibility index (Phi) is 11.0. The first-order valence-corrected chi connectivity index (χ1v) is 6.35. The van der Waals surface area contributed by atoms with E-state index in [1.165, 1.54) is 10.9 Å². The molecule has 3 heteroatoms. The molecule has 78 valence electrons. The molecule has 0 bridgehead atoms. The van der Waals surface area contributed by atoms with Gasteiger partial charge in [-0.25, -0.2) is 0 Å². The molecule has 2 N–H and O–H groups in total. The summed E-state index contributed by atoms with van der Waals surface area (Å²) in [6.45, 7) is 10.1. The van der Waals surface area contributed by atoms with Gasteiger partial charge in [0.05, 0.1) is 0 Å². The molecule has 0 aromatic heterocycles. The number of hydrogen-bond acceptors (Lipinski definition) is 1. The second kappa shape index (κ2) is 9.01. The van der Waals surface area contributed by atoms with Crippen LogP contribution in [0.25, 0.3) is 0 Å². The molecule has 1 nitrogen and oxygen atoms in total. The molecule has 0 fully saturated rings. The summed E-state index contributed by atoms with van der Waals surface area (Å²) in [7, 11) is 2.70. The Morgan fingerprint density at radius 2 is 1.85 bits per heavy atom. The van der Waals surface area contributed by atoms with Crippen molar-refractivity contribution in [1.29, 1.82) is 0 Å². The fraction of sp³-hybridized carbons (Fsp3) is 0.600.